The molecule has 1 aromatic heterocycles. The molecule has 5 nitrogen and oxygen atoms in total. The first-order valence-electron chi connectivity index (χ1n) is 9.36. The smallest absolute Gasteiger partial charge is 0.228 e. The van der Waals surface area contributed by atoms with E-state index in [-0.39, 0.29) is 12.3 Å². The van der Waals surface area contributed by atoms with E-state index in [9.17, 15) is 4.79 Å². The number of aromatic nitrogens is 3. The maximum absolute atomic E-state index is 12.3. The number of hydrogen-bond donors (Lipinski definition) is 1. The molecule has 7 heteroatoms. The van der Waals surface area contributed by atoms with Crippen molar-refractivity contribution >= 4 is 34.8 Å². The van der Waals surface area contributed by atoms with Crippen molar-refractivity contribution in [2.45, 2.75) is 38.6 Å². The lowest BCUT2D eigenvalue weighted by molar-refractivity contribution is -0.115. The summed E-state index contributed by atoms with van der Waals surface area (Å²) in [5, 5.41) is 12.7. The molecule has 0 fully saturated rings. The number of amides is 1. The summed E-state index contributed by atoms with van der Waals surface area (Å²) >= 11 is 12.0. The number of nitrogens with zero attached hydrogens (tertiary/aromatic N) is 3. The van der Waals surface area contributed by atoms with Crippen molar-refractivity contribution in [1.29, 1.82) is 0 Å². The highest BCUT2D eigenvalue weighted by atomic mass is 35.5. The summed E-state index contributed by atoms with van der Waals surface area (Å²) in [5.41, 5.74) is 2.47. The van der Waals surface area contributed by atoms with E-state index in [1.54, 1.807) is 18.2 Å². The molecule has 0 saturated carbocycles. The van der Waals surface area contributed by atoms with Crippen molar-refractivity contribution in [3.63, 3.8) is 0 Å². The third-order valence-corrected chi connectivity index (χ3v) is 5.49. The lowest BCUT2D eigenvalue weighted by Gasteiger charge is -2.09. The second kappa shape index (κ2) is 8.33. The molecule has 4 rings (SSSR count). The Morgan fingerprint density at radius 2 is 1.86 bits per heavy atom. The number of halogens is 2. The second-order valence-corrected chi connectivity index (χ2v) is 7.78. The van der Waals surface area contributed by atoms with Gasteiger partial charge in [0, 0.05) is 34.3 Å². The van der Waals surface area contributed by atoms with Crippen molar-refractivity contribution in [1.82, 2.24) is 14.8 Å². The zero-order valence-corrected chi connectivity index (χ0v) is 16.8. The van der Waals surface area contributed by atoms with Gasteiger partial charge in [0.1, 0.15) is 5.82 Å². The lowest BCUT2D eigenvalue weighted by atomic mass is 10.1. The predicted molar refractivity (Wildman–Crippen MR) is 112 cm³/mol. The van der Waals surface area contributed by atoms with Crippen molar-refractivity contribution in [2.24, 2.45) is 0 Å². The predicted octanol–water partition coefficient (Wildman–Crippen LogP) is 5.16. The number of hydrogen-bond acceptors (Lipinski definition) is 3. The lowest BCUT2D eigenvalue weighted by Crippen LogP contribution is -2.14. The van der Waals surface area contributed by atoms with Crippen LogP contribution < -0.4 is 5.32 Å². The van der Waals surface area contributed by atoms with Crippen LogP contribution in [0.15, 0.2) is 42.5 Å². The zero-order chi connectivity index (χ0) is 19.5. The van der Waals surface area contributed by atoms with Crippen LogP contribution in [0.2, 0.25) is 10.0 Å². The molecular weight excluding hydrogens is 395 g/mol. The molecule has 0 radical (unpaired) electrons. The Morgan fingerprint density at radius 1 is 1.04 bits per heavy atom. The van der Waals surface area contributed by atoms with E-state index in [4.69, 9.17) is 23.2 Å². The van der Waals surface area contributed by atoms with Crippen LogP contribution in [0.4, 0.5) is 5.69 Å². The summed E-state index contributed by atoms with van der Waals surface area (Å²) in [5.74, 6) is 1.82. The van der Waals surface area contributed by atoms with E-state index in [2.05, 4.69) is 20.1 Å². The van der Waals surface area contributed by atoms with Crippen LogP contribution in [-0.2, 0) is 24.2 Å². The van der Waals surface area contributed by atoms with E-state index in [1.165, 1.54) is 12.8 Å². The van der Waals surface area contributed by atoms with Gasteiger partial charge in [-0.3, -0.25) is 4.79 Å². The van der Waals surface area contributed by atoms with Crippen LogP contribution in [0.5, 0.6) is 0 Å². The Kier molecular flexibility index (Phi) is 5.64. The van der Waals surface area contributed by atoms with Crippen LogP contribution >= 0.6 is 23.2 Å². The number of nitrogens with one attached hydrogen (secondary N) is 1. The maximum atomic E-state index is 12.3. The van der Waals surface area contributed by atoms with Crippen LogP contribution in [0.25, 0.3) is 11.4 Å². The van der Waals surface area contributed by atoms with E-state index < -0.39 is 0 Å². The minimum Gasteiger partial charge on any atom is -0.326 e. The Hall–Kier alpha value is -2.37. The number of rotatable bonds is 4. The number of carbonyl (C=O) groups excluding carboxylic acids is 1. The van der Waals surface area contributed by atoms with E-state index in [0.717, 1.165) is 47.8 Å². The SMILES string of the molecule is O=C(Cc1ccc(Cl)cc1Cl)Nc1ccc(-c2nnc3n2CCCCC3)cc1. The van der Waals surface area contributed by atoms with Gasteiger partial charge in [-0.25, -0.2) is 0 Å². The molecule has 0 aliphatic carbocycles. The van der Waals surface area contributed by atoms with E-state index in [0.29, 0.717) is 10.0 Å². The number of anilines is 1. The fraction of sp³-hybridized carbons (Fsp3) is 0.286. The standard InChI is InChI=1S/C21H20Cl2N4O/c22-16-8-5-15(18(23)13-16)12-20(28)24-17-9-6-14(7-10-17)21-26-25-19-4-2-1-3-11-27(19)21/h5-10,13H,1-4,11-12H2,(H,24,28). The summed E-state index contributed by atoms with van der Waals surface area (Å²) in [6, 6.07) is 12.8. The Bertz CT molecular complexity index is 998. The van der Waals surface area contributed by atoms with Crippen LogP contribution in [-0.4, -0.2) is 20.7 Å². The van der Waals surface area contributed by atoms with Gasteiger partial charge in [0.15, 0.2) is 5.82 Å². The molecule has 1 amide bonds. The van der Waals surface area contributed by atoms with Gasteiger partial charge in [0.25, 0.3) is 0 Å². The molecule has 144 valence electrons. The van der Waals surface area contributed by atoms with Crippen LogP contribution in [0.3, 0.4) is 0 Å². The first-order valence-corrected chi connectivity index (χ1v) is 10.1. The van der Waals surface area contributed by atoms with Gasteiger partial charge >= 0.3 is 0 Å². The third kappa shape index (κ3) is 4.21. The first-order chi connectivity index (χ1) is 13.6. The molecule has 0 spiro atoms. The van der Waals surface area contributed by atoms with E-state index >= 15 is 0 Å². The Morgan fingerprint density at radius 3 is 2.64 bits per heavy atom. The quantitative estimate of drug-likeness (QED) is 0.641. The molecule has 1 aliphatic heterocycles. The fourth-order valence-electron chi connectivity index (χ4n) is 3.44. The average molecular weight is 415 g/mol. The number of benzene rings is 2. The Labute approximate surface area is 173 Å². The van der Waals surface area contributed by atoms with Gasteiger partial charge in [-0.1, -0.05) is 35.7 Å². The molecule has 2 heterocycles. The van der Waals surface area contributed by atoms with Crippen LogP contribution in [0, 0.1) is 0 Å². The molecule has 28 heavy (non-hydrogen) atoms. The molecule has 1 aliphatic rings. The number of carbonyl (C=O) groups is 1. The van der Waals surface area contributed by atoms with Crippen molar-refractivity contribution in [3.05, 3.63) is 63.9 Å². The molecule has 0 bridgehead atoms. The normalized spacial score (nSPS) is 13.6. The second-order valence-electron chi connectivity index (χ2n) is 6.94. The van der Waals surface area contributed by atoms with Crippen molar-refractivity contribution in [3.8, 4) is 11.4 Å². The highest BCUT2D eigenvalue weighted by molar-refractivity contribution is 6.35. The van der Waals surface area contributed by atoms with Gasteiger partial charge in [-0.15, -0.1) is 10.2 Å². The van der Waals surface area contributed by atoms with Gasteiger partial charge < -0.3 is 9.88 Å². The molecule has 3 aromatic rings. The summed E-state index contributed by atoms with van der Waals surface area (Å²) in [6.07, 6.45) is 4.72. The maximum Gasteiger partial charge on any atom is 0.228 e. The van der Waals surface area contributed by atoms with Gasteiger partial charge in [-0.2, -0.15) is 0 Å². The van der Waals surface area contributed by atoms with Gasteiger partial charge in [0.05, 0.1) is 6.42 Å². The summed E-state index contributed by atoms with van der Waals surface area (Å²) in [6.45, 7) is 0.956. The summed E-state index contributed by atoms with van der Waals surface area (Å²) < 4.78 is 2.21. The Balaban J connectivity index is 1.45. The monoisotopic (exact) mass is 414 g/mol. The van der Waals surface area contributed by atoms with Crippen molar-refractivity contribution < 1.29 is 4.79 Å². The van der Waals surface area contributed by atoms with E-state index in [1.807, 2.05) is 24.3 Å². The number of aryl methyl sites for hydroxylation is 1. The minimum absolute atomic E-state index is 0.131. The molecule has 0 atom stereocenters. The van der Waals surface area contributed by atoms with Gasteiger partial charge in [-0.05, 0) is 54.8 Å². The summed E-state index contributed by atoms with van der Waals surface area (Å²) in [7, 11) is 0. The van der Waals surface area contributed by atoms with Crippen LogP contribution in [0.1, 0.15) is 30.7 Å². The van der Waals surface area contributed by atoms with Crippen molar-refractivity contribution in [2.75, 3.05) is 5.32 Å². The first kappa shape index (κ1) is 19.0. The largest absolute Gasteiger partial charge is 0.326 e. The minimum atomic E-state index is -0.131. The average Bonchev–Trinajstić information content (AvgIpc) is 2.93. The third-order valence-electron chi connectivity index (χ3n) is 4.90. The molecule has 2 aromatic carbocycles. The zero-order valence-electron chi connectivity index (χ0n) is 15.3. The number of fused-ring (bicyclic) bond motifs is 1. The summed E-state index contributed by atoms with van der Waals surface area (Å²) in [4.78, 5) is 12.3. The molecule has 0 saturated heterocycles. The van der Waals surface area contributed by atoms with Gasteiger partial charge in [0.2, 0.25) is 5.91 Å². The molecular formula is C21H20Cl2N4O. The molecule has 0 unspecified atom stereocenters. The molecule has 1 N–H and O–H groups in total. The highest BCUT2D eigenvalue weighted by Crippen LogP contribution is 2.25. The topological polar surface area (TPSA) is 59.8 Å². The highest BCUT2D eigenvalue weighted by Gasteiger charge is 2.16. The fourth-order valence-corrected chi connectivity index (χ4v) is 3.92.